The molecular weight excluding hydrogens is 456 g/mol. The minimum Gasteiger partial charge on any atom is -0.350 e. The van der Waals surface area contributed by atoms with Gasteiger partial charge < -0.3 is 9.88 Å². The number of thioether (sulfide) groups is 1. The lowest BCUT2D eigenvalue weighted by atomic mass is 10.0. The highest BCUT2D eigenvalue weighted by Gasteiger charge is 2.18. The van der Waals surface area contributed by atoms with E-state index in [2.05, 4.69) is 51.7 Å². The summed E-state index contributed by atoms with van der Waals surface area (Å²) >= 11 is 1.38. The van der Waals surface area contributed by atoms with Gasteiger partial charge in [-0.3, -0.25) is 9.78 Å². The van der Waals surface area contributed by atoms with Crippen LogP contribution in [0, 0.1) is 0 Å². The molecule has 0 aliphatic carbocycles. The lowest BCUT2D eigenvalue weighted by molar-refractivity contribution is -0.118. The molecule has 3 heterocycles. The summed E-state index contributed by atoms with van der Waals surface area (Å²) < 4.78 is 2.05. The van der Waals surface area contributed by atoms with Crippen LogP contribution < -0.4 is 5.32 Å². The predicted octanol–water partition coefficient (Wildman–Crippen LogP) is 4.98. The Morgan fingerprint density at radius 2 is 1.77 bits per heavy atom. The molecule has 1 amide bonds. The van der Waals surface area contributed by atoms with Gasteiger partial charge in [0.15, 0.2) is 11.0 Å². The first-order chi connectivity index (χ1) is 17.2. The number of hydrogen-bond donors (Lipinski definition) is 1. The van der Waals surface area contributed by atoms with Gasteiger partial charge in [-0.15, -0.1) is 10.2 Å². The fourth-order valence-corrected chi connectivity index (χ4v) is 4.70. The first-order valence-corrected chi connectivity index (χ1v) is 12.4. The number of pyridine rings is 2. The van der Waals surface area contributed by atoms with Crippen molar-refractivity contribution in [1.29, 1.82) is 0 Å². The van der Waals surface area contributed by atoms with Gasteiger partial charge in [0.1, 0.15) is 0 Å². The molecule has 8 heteroatoms. The quantitative estimate of drug-likeness (QED) is 0.315. The zero-order valence-corrected chi connectivity index (χ0v) is 20.1. The van der Waals surface area contributed by atoms with E-state index in [0.717, 1.165) is 39.2 Å². The predicted molar refractivity (Wildman–Crippen MR) is 139 cm³/mol. The van der Waals surface area contributed by atoms with Crippen molar-refractivity contribution in [2.24, 2.45) is 0 Å². The number of aromatic nitrogens is 5. The second-order valence-corrected chi connectivity index (χ2v) is 8.82. The molecule has 0 spiro atoms. The number of amides is 1. The minimum absolute atomic E-state index is 0.0754. The topological polar surface area (TPSA) is 85.6 Å². The second-order valence-electron chi connectivity index (χ2n) is 7.88. The van der Waals surface area contributed by atoms with E-state index in [0.29, 0.717) is 18.2 Å². The monoisotopic (exact) mass is 480 g/mol. The number of para-hydroxylation sites is 1. The van der Waals surface area contributed by atoms with Crippen LogP contribution in [-0.4, -0.2) is 36.4 Å². The minimum atomic E-state index is -0.0754. The van der Waals surface area contributed by atoms with Gasteiger partial charge in [-0.05, 0) is 31.2 Å². The highest BCUT2D eigenvalue weighted by atomic mass is 32.2. The van der Waals surface area contributed by atoms with E-state index in [9.17, 15) is 4.79 Å². The fourth-order valence-electron chi connectivity index (χ4n) is 3.87. The summed E-state index contributed by atoms with van der Waals surface area (Å²) in [6, 6.07) is 25.9. The molecule has 0 atom stereocenters. The van der Waals surface area contributed by atoms with Crippen LogP contribution in [0.15, 0.2) is 90.2 Å². The number of rotatable bonds is 8. The average Bonchev–Trinajstić information content (AvgIpc) is 3.34. The SMILES string of the molecule is CCn1c(SCC(=O)NCc2ccccn2)nnc1-c1cc(-c2ccccc2)nc2ccccc12. The van der Waals surface area contributed by atoms with Gasteiger partial charge in [0.25, 0.3) is 0 Å². The van der Waals surface area contributed by atoms with E-state index in [1.54, 1.807) is 6.20 Å². The molecule has 0 saturated heterocycles. The van der Waals surface area contributed by atoms with Crippen LogP contribution in [0.4, 0.5) is 0 Å². The van der Waals surface area contributed by atoms with E-state index in [-0.39, 0.29) is 11.7 Å². The molecule has 0 saturated carbocycles. The third kappa shape index (κ3) is 5.07. The van der Waals surface area contributed by atoms with Crippen LogP contribution in [0.5, 0.6) is 0 Å². The van der Waals surface area contributed by atoms with Crippen molar-refractivity contribution in [3.8, 4) is 22.6 Å². The number of nitrogens with zero attached hydrogens (tertiary/aromatic N) is 5. The Morgan fingerprint density at radius 3 is 2.57 bits per heavy atom. The summed E-state index contributed by atoms with van der Waals surface area (Å²) in [5.41, 5.74) is 4.62. The van der Waals surface area contributed by atoms with Gasteiger partial charge >= 0.3 is 0 Å². The Hall–Kier alpha value is -4.04. The number of fused-ring (bicyclic) bond motifs is 1. The second kappa shape index (κ2) is 10.5. The third-order valence-electron chi connectivity index (χ3n) is 5.58. The highest BCUT2D eigenvalue weighted by molar-refractivity contribution is 7.99. The Labute approximate surface area is 207 Å². The summed E-state index contributed by atoms with van der Waals surface area (Å²) in [5.74, 6) is 0.936. The van der Waals surface area contributed by atoms with E-state index in [4.69, 9.17) is 4.98 Å². The molecular formula is C27H24N6OS. The molecule has 0 unspecified atom stereocenters. The van der Waals surface area contributed by atoms with Crippen molar-refractivity contribution in [2.75, 3.05) is 5.75 Å². The summed E-state index contributed by atoms with van der Waals surface area (Å²) in [6.07, 6.45) is 1.72. The van der Waals surface area contributed by atoms with Crippen molar-refractivity contribution in [2.45, 2.75) is 25.2 Å². The zero-order chi connectivity index (χ0) is 24.0. The Morgan fingerprint density at radius 1 is 0.971 bits per heavy atom. The molecule has 5 aromatic rings. The molecule has 0 radical (unpaired) electrons. The Balaban J connectivity index is 1.41. The first kappa shape index (κ1) is 22.7. The van der Waals surface area contributed by atoms with E-state index in [1.807, 2.05) is 59.2 Å². The maximum Gasteiger partial charge on any atom is 0.230 e. The van der Waals surface area contributed by atoms with Crippen molar-refractivity contribution < 1.29 is 4.79 Å². The zero-order valence-electron chi connectivity index (χ0n) is 19.3. The summed E-state index contributed by atoms with van der Waals surface area (Å²) in [4.78, 5) is 21.5. The van der Waals surface area contributed by atoms with Gasteiger partial charge in [0.2, 0.25) is 5.91 Å². The van der Waals surface area contributed by atoms with Crippen LogP contribution in [-0.2, 0) is 17.9 Å². The van der Waals surface area contributed by atoms with Gasteiger partial charge in [0.05, 0.1) is 29.2 Å². The lowest BCUT2D eigenvalue weighted by Crippen LogP contribution is -2.25. The molecule has 0 fully saturated rings. The average molecular weight is 481 g/mol. The summed E-state index contributed by atoms with van der Waals surface area (Å²) in [6.45, 7) is 3.13. The van der Waals surface area contributed by atoms with Crippen molar-refractivity contribution >= 4 is 28.6 Å². The standard InChI is InChI=1S/C27H24N6OS/c1-2-33-26(31-32-27(33)35-18-25(34)29-17-20-12-8-9-15-28-20)22-16-24(19-10-4-3-5-11-19)30-23-14-7-6-13-21(22)23/h3-16H,2,17-18H2,1H3,(H,29,34). The van der Waals surface area contributed by atoms with Crippen molar-refractivity contribution in [1.82, 2.24) is 30.0 Å². The molecule has 174 valence electrons. The lowest BCUT2D eigenvalue weighted by Gasteiger charge is -2.12. The van der Waals surface area contributed by atoms with Crippen LogP contribution in [0.3, 0.4) is 0 Å². The number of carbonyl (C=O) groups is 1. The van der Waals surface area contributed by atoms with Crippen LogP contribution in [0.2, 0.25) is 0 Å². The molecule has 7 nitrogen and oxygen atoms in total. The smallest absolute Gasteiger partial charge is 0.230 e. The van der Waals surface area contributed by atoms with E-state index in [1.165, 1.54) is 11.8 Å². The van der Waals surface area contributed by atoms with Crippen molar-refractivity contribution in [3.63, 3.8) is 0 Å². The fraction of sp³-hybridized carbons (Fsp3) is 0.148. The molecule has 0 aliphatic heterocycles. The molecule has 3 aromatic heterocycles. The summed E-state index contributed by atoms with van der Waals surface area (Å²) in [5, 5.41) is 13.6. The summed E-state index contributed by atoms with van der Waals surface area (Å²) in [7, 11) is 0. The molecule has 35 heavy (non-hydrogen) atoms. The Bertz CT molecular complexity index is 1450. The normalized spacial score (nSPS) is 11.0. The maximum absolute atomic E-state index is 12.4. The molecule has 1 N–H and O–H groups in total. The Kier molecular flexibility index (Phi) is 6.81. The van der Waals surface area contributed by atoms with Crippen LogP contribution in [0.25, 0.3) is 33.5 Å². The number of carbonyl (C=O) groups excluding carboxylic acids is 1. The number of nitrogens with one attached hydrogen (secondary N) is 1. The van der Waals surface area contributed by atoms with Gasteiger partial charge in [-0.1, -0.05) is 66.4 Å². The van der Waals surface area contributed by atoms with E-state index >= 15 is 0 Å². The highest BCUT2D eigenvalue weighted by Crippen LogP contribution is 2.32. The van der Waals surface area contributed by atoms with E-state index < -0.39 is 0 Å². The number of hydrogen-bond acceptors (Lipinski definition) is 6. The van der Waals surface area contributed by atoms with Gasteiger partial charge in [0, 0.05) is 29.3 Å². The van der Waals surface area contributed by atoms with Crippen LogP contribution in [0.1, 0.15) is 12.6 Å². The molecule has 0 aliphatic rings. The van der Waals surface area contributed by atoms with Crippen molar-refractivity contribution in [3.05, 3.63) is 90.8 Å². The largest absolute Gasteiger partial charge is 0.350 e. The maximum atomic E-state index is 12.4. The molecule has 5 rings (SSSR count). The first-order valence-electron chi connectivity index (χ1n) is 11.4. The molecule has 0 bridgehead atoms. The van der Waals surface area contributed by atoms with Gasteiger partial charge in [-0.2, -0.15) is 0 Å². The number of benzene rings is 2. The third-order valence-corrected chi connectivity index (χ3v) is 6.55. The van der Waals surface area contributed by atoms with Crippen LogP contribution >= 0.6 is 11.8 Å². The molecule has 2 aromatic carbocycles. The van der Waals surface area contributed by atoms with Gasteiger partial charge in [-0.25, -0.2) is 4.98 Å².